The van der Waals surface area contributed by atoms with Crippen molar-refractivity contribution in [2.75, 3.05) is 5.32 Å². The Bertz CT molecular complexity index is 1140. The lowest BCUT2D eigenvalue weighted by molar-refractivity contribution is -0.115. The highest BCUT2D eigenvalue weighted by atomic mass is 35.5. The molecule has 0 saturated carbocycles. The van der Waals surface area contributed by atoms with Crippen LogP contribution in [-0.4, -0.2) is 21.1 Å². The number of H-pyrrole nitrogens is 1. The second-order valence-corrected chi connectivity index (χ2v) is 8.61. The van der Waals surface area contributed by atoms with Gasteiger partial charge < -0.3 is 10.3 Å². The molecule has 156 valence electrons. The number of anilines is 1. The number of aromatic nitrogens is 2. The van der Waals surface area contributed by atoms with E-state index in [4.69, 9.17) is 16.6 Å². The summed E-state index contributed by atoms with van der Waals surface area (Å²) in [5, 5.41) is 2.92. The van der Waals surface area contributed by atoms with Crippen molar-refractivity contribution in [1.29, 1.82) is 0 Å². The van der Waals surface area contributed by atoms with Crippen LogP contribution in [0.15, 0.2) is 84.0 Å². The van der Waals surface area contributed by atoms with E-state index in [1.54, 1.807) is 6.92 Å². The Balaban J connectivity index is 1.57. The average Bonchev–Trinajstić information content (AvgIpc) is 3.21. The van der Waals surface area contributed by atoms with Gasteiger partial charge >= 0.3 is 0 Å². The molecule has 1 atom stereocenters. The van der Waals surface area contributed by atoms with E-state index in [2.05, 4.69) is 10.3 Å². The number of imidazole rings is 1. The lowest BCUT2D eigenvalue weighted by Crippen LogP contribution is -2.22. The third-order valence-electron chi connectivity index (χ3n) is 4.64. The van der Waals surface area contributed by atoms with Crippen LogP contribution in [0.5, 0.6) is 0 Å². The summed E-state index contributed by atoms with van der Waals surface area (Å²) in [4.78, 5) is 20.8. The zero-order valence-corrected chi connectivity index (χ0v) is 18.2. The van der Waals surface area contributed by atoms with Gasteiger partial charge in [-0.2, -0.15) is 0 Å². The van der Waals surface area contributed by atoms with Crippen molar-refractivity contribution in [3.63, 3.8) is 0 Å². The third kappa shape index (κ3) is 4.98. The molecule has 0 spiro atoms. The molecule has 2 N–H and O–H groups in total. The van der Waals surface area contributed by atoms with E-state index in [-0.39, 0.29) is 10.9 Å². The number of hydrogen-bond acceptors (Lipinski definition) is 3. The summed E-state index contributed by atoms with van der Waals surface area (Å²) in [6, 6.07) is 23.9. The molecule has 1 unspecified atom stereocenters. The molecular formula is C24H19ClFN3OS. The van der Waals surface area contributed by atoms with Crippen molar-refractivity contribution in [3.8, 4) is 22.5 Å². The highest BCUT2D eigenvalue weighted by Gasteiger charge is 2.20. The van der Waals surface area contributed by atoms with Crippen molar-refractivity contribution in [2.45, 2.75) is 17.3 Å². The van der Waals surface area contributed by atoms with Crippen molar-refractivity contribution < 1.29 is 9.18 Å². The van der Waals surface area contributed by atoms with E-state index < -0.39 is 11.1 Å². The maximum Gasteiger partial charge on any atom is 0.237 e. The van der Waals surface area contributed by atoms with Gasteiger partial charge in [-0.15, -0.1) is 0 Å². The maximum atomic E-state index is 13.3. The lowest BCUT2D eigenvalue weighted by atomic mass is 10.1. The van der Waals surface area contributed by atoms with Crippen molar-refractivity contribution in [1.82, 2.24) is 9.97 Å². The number of thioether (sulfide) groups is 1. The monoisotopic (exact) mass is 451 g/mol. The molecule has 0 aliphatic rings. The Morgan fingerprint density at radius 3 is 2.32 bits per heavy atom. The topological polar surface area (TPSA) is 57.8 Å². The zero-order chi connectivity index (χ0) is 21.8. The normalized spacial score (nSPS) is 11.8. The summed E-state index contributed by atoms with van der Waals surface area (Å²) in [5.74, 6) is -0.758. The standard InChI is InChI=1S/C24H19ClFN3OS/c1-15(23(30)27-18-12-13-20(26)19(25)14-18)31-24-28-21(16-8-4-2-5-9-16)22(29-24)17-10-6-3-7-11-17/h2-15H,1H3,(H,27,30)(H,28,29). The van der Waals surface area contributed by atoms with E-state index in [9.17, 15) is 9.18 Å². The molecule has 31 heavy (non-hydrogen) atoms. The Labute approximate surface area is 188 Å². The highest BCUT2D eigenvalue weighted by Crippen LogP contribution is 2.34. The van der Waals surface area contributed by atoms with Gasteiger partial charge in [0.15, 0.2) is 5.16 Å². The quantitative estimate of drug-likeness (QED) is 0.322. The number of halogens is 2. The second kappa shape index (κ2) is 9.37. The maximum absolute atomic E-state index is 13.3. The molecule has 0 saturated heterocycles. The van der Waals surface area contributed by atoms with Gasteiger partial charge in [0.05, 0.1) is 21.7 Å². The number of nitrogens with one attached hydrogen (secondary N) is 2. The van der Waals surface area contributed by atoms with Crippen LogP contribution >= 0.6 is 23.4 Å². The number of benzene rings is 3. The van der Waals surface area contributed by atoms with Crippen LogP contribution in [0.4, 0.5) is 10.1 Å². The van der Waals surface area contributed by atoms with Crippen LogP contribution in [0.3, 0.4) is 0 Å². The Hall–Kier alpha value is -3.09. The summed E-state index contributed by atoms with van der Waals surface area (Å²) in [6.45, 7) is 1.79. The van der Waals surface area contributed by atoms with Crippen LogP contribution in [-0.2, 0) is 4.79 Å². The smallest absolute Gasteiger partial charge is 0.237 e. The van der Waals surface area contributed by atoms with E-state index in [1.807, 2.05) is 60.7 Å². The van der Waals surface area contributed by atoms with Crippen LogP contribution in [0.25, 0.3) is 22.5 Å². The van der Waals surface area contributed by atoms with E-state index in [0.717, 1.165) is 22.5 Å². The van der Waals surface area contributed by atoms with Crippen LogP contribution in [0.1, 0.15) is 6.92 Å². The number of hydrogen-bond donors (Lipinski definition) is 2. The summed E-state index contributed by atoms with van der Waals surface area (Å²) in [6.07, 6.45) is 0. The Morgan fingerprint density at radius 1 is 1.03 bits per heavy atom. The fourth-order valence-corrected chi connectivity index (χ4v) is 4.05. The first kappa shape index (κ1) is 21.2. The summed E-state index contributed by atoms with van der Waals surface area (Å²) in [7, 11) is 0. The molecule has 1 heterocycles. The molecule has 3 aromatic carbocycles. The molecule has 4 nitrogen and oxygen atoms in total. The van der Waals surface area contributed by atoms with Crippen LogP contribution in [0, 0.1) is 5.82 Å². The Kier molecular flexibility index (Phi) is 6.39. The molecule has 0 fully saturated rings. The molecule has 0 aliphatic heterocycles. The molecular weight excluding hydrogens is 433 g/mol. The largest absolute Gasteiger partial charge is 0.332 e. The summed E-state index contributed by atoms with van der Waals surface area (Å²) < 4.78 is 13.3. The average molecular weight is 452 g/mol. The van der Waals surface area contributed by atoms with Crippen LogP contribution < -0.4 is 5.32 Å². The summed E-state index contributed by atoms with van der Waals surface area (Å²) >= 11 is 7.11. The minimum atomic E-state index is -0.528. The zero-order valence-electron chi connectivity index (χ0n) is 16.6. The number of carbonyl (C=O) groups is 1. The summed E-state index contributed by atoms with van der Waals surface area (Å²) in [5.41, 5.74) is 4.17. The van der Waals surface area contributed by atoms with Gasteiger partial charge in [-0.1, -0.05) is 84.0 Å². The van der Waals surface area contributed by atoms with Gasteiger partial charge in [0, 0.05) is 16.8 Å². The molecule has 4 rings (SSSR count). The fourth-order valence-electron chi connectivity index (χ4n) is 3.06. The number of carbonyl (C=O) groups excluding carboxylic acids is 1. The first-order valence-electron chi connectivity index (χ1n) is 9.64. The van der Waals surface area contributed by atoms with Gasteiger partial charge in [-0.25, -0.2) is 9.37 Å². The van der Waals surface area contributed by atoms with Gasteiger partial charge in [0.1, 0.15) is 5.82 Å². The number of rotatable bonds is 6. The Morgan fingerprint density at radius 2 is 1.68 bits per heavy atom. The highest BCUT2D eigenvalue weighted by molar-refractivity contribution is 8.00. The minimum Gasteiger partial charge on any atom is -0.332 e. The van der Waals surface area contributed by atoms with Gasteiger partial charge in [-0.05, 0) is 25.1 Å². The van der Waals surface area contributed by atoms with E-state index >= 15 is 0 Å². The fraction of sp³-hybridized carbons (Fsp3) is 0.0833. The molecule has 1 amide bonds. The first-order valence-corrected chi connectivity index (χ1v) is 10.9. The number of amides is 1. The van der Waals surface area contributed by atoms with Gasteiger partial charge in [-0.3, -0.25) is 4.79 Å². The van der Waals surface area contributed by atoms with E-state index in [0.29, 0.717) is 10.8 Å². The number of aromatic amines is 1. The van der Waals surface area contributed by atoms with Crippen molar-refractivity contribution in [3.05, 3.63) is 89.7 Å². The molecule has 0 bridgehead atoms. The first-order chi connectivity index (χ1) is 15.0. The molecule has 4 aromatic rings. The number of nitrogens with zero attached hydrogens (tertiary/aromatic N) is 1. The van der Waals surface area contributed by atoms with Crippen molar-refractivity contribution >= 4 is 35.0 Å². The predicted octanol–water partition coefficient (Wildman–Crippen LogP) is 6.66. The van der Waals surface area contributed by atoms with Gasteiger partial charge in [0.25, 0.3) is 0 Å². The van der Waals surface area contributed by atoms with Crippen LogP contribution in [0.2, 0.25) is 5.02 Å². The molecule has 0 aliphatic carbocycles. The SMILES string of the molecule is CC(Sc1nc(-c2ccccc2)c(-c2ccccc2)[nH]1)C(=O)Nc1ccc(F)c(Cl)c1. The molecule has 0 radical (unpaired) electrons. The molecule has 7 heteroatoms. The van der Waals surface area contributed by atoms with Gasteiger partial charge in [0.2, 0.25) is 5.91 Å². The molecule has 1 aromatic heterocycles. The lowest BCUT2D eigenvalue weighted by Gasteiger charge is -2.11. The van der Waals surface area contributed by atoms with E-state index in [1.165, 1.54) is 30.0 Å². The second-order valence-electron chi connectivity index (χ2n) is 6.88. The third-order valence-corrected chi connectivity index (χ3v) is 5.91. The minimum absolute atomic E-state index is 0.0378. The predicted molar refractivity (Wildman–Crippen MR) is 125 cm³/mol. The van der Waals surface area contributed by atoms with Crippen molar-refractivity contribution in [2.24, 2.45) is 0 Å².